The van der Waals surface area contributed by atoms with E-state index in [1.807, 2.05) is 6.07 Å². The lowest BCUT2D eigenvalue weighted by molar-refractivity contribution is -0.121. The maximum Gasteiger partial charge on any atom is 0.286 e. The standard InChI is InChI=1S/C36H31F2N3O6S/c1-23-15-32(28-18-31(38)35(43)41(20-28)19-24-11-12-33-27(16-24)17-29(42)22-47-33)40-36(39-23)48(44,45)14-13-34(25-7-3-2-4-8-25)46-21-26-9-5-6-10-30(26)37/h2-12,15-16,18,20,34H,13-14,17,19,21-22H2,1H3. The Bertz CT molecular complexity index is 2160. The summed E-state index contributed by atoms with van der Waals surface area (Å²) in [4.78, 5) is 33.1. The van der Waals surface area contributed by atoms with Crippen molar-refractivity contribution in [2.45, 2.75) is 44.2 Å². The fourth-order valence-corrected chi connectivity index (χ4v) is 6.71. The van der Waals surface area contributed by atoms with Gasteiger partial charge in [-0.15, -0.1) is 0 Å². The van der Waals surface area contributed by atoms with Gasteiger partial charge >= 0.3 is 0 Å². The number of carbonyl (C=O) groups is 1. The number of Topliss-reactive ketones (excluding diaryl/α,β-unsaturated/α-hetero) is 1. The molecule has 1 aliphatic heterocycles. The van der Waals surface area contributed by atoms with Gasteiger partial charge in [0.2, 0.25) is 15.0 Å². The van der Waals surface area contributed by atoms with E-state index in [1.165, 1.54) is 22.9 Å². The molecule has 1 unspecified atom stereocenters. The minimum atomic E-state index is -4.08. The van der Waals surface area contributed by atoms with Gasteiger partial charge in [-0.1, -0.05) is 54.6 Å². The molecule has 0 saturated carbocycles. The molecule has 1 atom stereocenters. The van der Waals surface area contributed by atoms with Gasteiger partial charge < -0.3 is 14.0 Å². The van der Waals surface area contributed by atoms with Crippen molar-refractivity contribution in [2.75, 3.05) is 12.4 Å². The van der Waals surface area contributed by atoms with Gasteiger partial charge in [0.05, 0.1) is 30.7 Å². The molecule has 6 rings (SSSR count). The molecular formula is C36H31F2N3O6S. The first kappa shape index (κ1) is 32.9. The Kier molecular flexibility index (Phi) is 9.56. The second-order valence-electron chi connectivity index (χ2n) is 11.5. The zero-order valence-electron chi connectivity index (χ0n) is 25.9. The fraction of sp³-hybridized carbons (Fsp3) is 0.222. The Balaban J connectivity index is 1.24. The van der Waals surface area contributed by atoms with Gasteiger partial charge in [0.1, 0.15) is 18.2 Å². The largest absolute Gasteiger partial charge is 0.486 e. The maximum atomic E-state index is 15.0. The van der Waals surface area contributed by atoms with Gasteiger partial charge in [0.25, 0.3) is 5.56 Å². The highest BCUT2D eigenvalue weighted by molar-refractivity contribution is 7.91. The third-order valence-corrected chi connectivity index (χ3v) is 9.43. The van der Waals surface area contributed by atoms with Crippen LogP contribution in [-0.2, 0) is 38.9 Å². The third kappa shape index (κ3) is 7.56. The number of carbonyl (C=O) groups excluding carboxylic acids is 1. The van der Waals surface area contributed by atoms with Gasteiger partial charge in [-0.3, -0.25) is 9.59 Å². The Labute approximate surface area is 275 Å². The van der Waals surface area contributed by atoms with E-state index in [2.05, 4.69) is 9.97 Å². The first-order valence-corrected chi connectivity index (χ1v) is 16.9. The predicted molar refractivity (Wildman–Crippen MR) is 173 cm³/mol. The molecule has 0 N–H and O–H groups in total. The van der Waals surface area contributed by atoms with Crippen molar-refractivity contribution in [3.05, 3.63) is 141 Å². The normalized spacial score (nSPS) is 13.5. The van der Waals surface area contributed by atoms with Crippen LogP contribution in [0.15, 0.2) is 101 Å². The number of hydrogen-bond acceptors (Lipinski definition) is 8. The number of rotatable bonds is 11. The molecule has 0 fully saturated rings. The van der Waals surface area contributed by atoms with Gasteiger partial charge in [0.15, 0.2) is 11.6 Å². The highest BCUT2D eigenvalue weighted by Crippen LogP contribution is 2.27. The Morgan fingerprint density at radius 3 is 2.50 bits per heavy atom. The summed E-state index contributed by atoms with van der Waals surface area (Å²) in [6.07, 6.45) is 0.973. The van der Waals surface area contributed by atoms with Crippen LogP contribution in [-0.4, -0.2) is 41.1 Å². The molecule has 12 heteroatoms. The van der Waals surface area contributed by atoms with Gasteiger partial charge in [-0.2, -0.15) is 0 Å². The number of ketones is 1. The number of aromatic nitrogens is 3. The average molecular weight is 672 g/mol. The minimum Gasteiger partial charge on any atom is -0.486 e. The monoisotopic (exact) mass is 671 g/mol. The zero-order chi connectivity index (χ0) is 33.8. The molecular weight excluding hydrogens is 640 g/mol. The van der Waals surface area contributed by atoms with Crippen LogP contribution in [0.4, 0.5) is 8.78 Å². The average Bonchev–Trinajstić information content (AvgIpc) is 3.07. The Morgan fingerprint density at radius 2 is 1.71 bits per heavy atom. The summed E-state index contributed by atoms with van der Waals surface area (Å²) in [6.45, 7) is 1.54. The van der Waals surface area contributed by atoms with Crippen molar-refractivity contribution < 1.29 is 31.5 Å². The number of ether oxygens (including phenoxy) is 2. The van der Waals surface area contributed by atoms with Crippen molar-refractivity contribution in [3.63, 3.8) is 0 Å². The topological polar surface area (TPSA) is 117 Å². The number of benzene rings is 3. The SMILES string of the molecule is Cc1cc(-c2cc(F)c(=O)n(Cc3ccc4c(c3)CC(=O)CO4)c2)nc(S(=O)(=O)CCC(OCc2ccccc2F)c2ccccc2)n1. The lowest BCUT2D eigenvalue weighted by Crippen LogP contribution is -2.24. The summed E-state index contributed by atoms with van der Waals surface area (Å²) >= 11 is 0. The van der Waals surface area contributed by atoms with Gasteiger partial charge in [0, 0.05) is 35.0 Å². The first-order chi connectivity index (χ1) is 23.1. The number of halogens is 2. The van der Waals surface area contributed by atoms with Crippen LogP contribution in [0.5, 0.6) is 5.75 Å². The summed E-state index contributed by atoms with van der Waals surface area (Å²) in [5.41, 5.74) is 2.16. The van der Waals surface area contributed by atoms with Crippen molar-refractivity contribution >= 4 is 15.6 Å². The molecule has 9 nitrogen and oxygen atoms in total. The second-order valence-corrected chi connectivity index (χ2v) is 13.5. The molecule has 3 heterocycles. The molecule has 0 amide bonds. The van der Waals surface area contributed by atoms with Gasteiger partial charge in [-0.25, -0.2) is 27.2 Å². The van der Waals surface area contributed by atoms with Crippen molar-refractivity contribution in [3.8, 4) is 17.0 Å². The van der Waals surface area contributed by atoms with Crippen LogP contribution in [0.1, 0.15) is 40.5 Å². The maximum absolute atomic E-state index is 15.0. The molecule has 0 aliphatic carbocycles. The van der Waals surface area contributed by atoms with Crippen LogP contribution in [0, 0.1) is 18.6 Å². The van der Waals surface area contributed by atoms with Crippen molar-refractivity contribution in [1.29, 1.82) is 0 Å². The lowest BCUT2D eigenvalue weighted by atomic mass is 10.0. The summed E-state index contributed by atoms with van der Waals surface area (Å²) in [5.74, 6) is -1.33. The number of pyridine rings is 1. The number of fused-ring (bicyclic) bond motifs is 1. The van der Waals surface area contributed by atoms with E-state index < -0.39 is 38.3 Å². The van der Waals surface area contributed by atoms with E-state index in [4.69, 9.17) is 9.47 Å². The highest BCUT2D eigenvalue weighted by atomic mass is 32.2. The van der Waals surface area contributed by atoms with Crippen LogP contribution < -0.4 is 10.3 Å². The third-order valence-electron chi connectivity index (χ3n) is 7.92. The van der Waals surface area contributed by atoms with Crippen LogP contribution in [0.3, 0.4) is 0 Å². The van der Waals surface area contributed by atoms with E-state index in [1.54, 1.807) is 67.6 Å². The van der Waals surface area contributed by atoms with Crippen LogP contribution in [0.25, 0.3) is 11.3 Å². The van der Waals surface area contributed by atoms with E-state index >= 15 is 0 Å². The van der Waals surface area contributed by atoms with E-state index in [0.29, 0.717) is 28.1 Å². The molecule has 3 aromatic carbocycles. The van der Waals surface area contributed by atoms with E-state index in [0.717, 1.165) is 11.6 Å². The van der Waals surface area contributed by atoms with Crippen molar-refractivity contribution in [2.24, 2.45) is 0 Å². The Hall–Kier alpha value is -5.07. The molecule has 0 saturated heterocycles. The van der Waals surface area contributed by atoms with Crippen LogP contribution >= 0.6 is 0 Å². The molecule has 246 valence electrons. The molecule has 1 aliphatic rings. The number of aryl methyl sites for hydroxylation is 1. The number of sulfone groups is 1. The summed E-state index contributed by atoms with van der Waals surface area (Å²) in [5, 5.41) is -0.448. The molecule has 5 aromatic rings. The number of nitrogens with zero attached hydrogens (tertiary/aromatic N) is 3. The minimum absolute atomic E-state index is 0.00591. The second kappa shape index (κ2) is 14.0. The quantitative estimate of drug-likeness (QED) is 0.168. The molecule has 48 heavy (non-hydrogen) atoms. The predicted octanol–water partition coefficient (Wildman–Crippen LogP) is 5.57. The smallest absolute Gasteiger partial charge is 0.286 e. The van der Waals surface area contributed by atoms with Gasteiger partial charge in [-0.05, 0) is 54.8 Å². The summed E-state index contributed by atoms with van der Waals surface area (Å²) in [6, 6.07) is 23.0. The highest BCUT2D eigenvalue weighted by Gasteiger charge is 2.24. The molecule has 2 aromatic heterocycles. The van der Waals surface area contributed by atoms with E-state index in [9.17, 15) is 26.8 Å². The number of hydrogen-bond donors (Lipinski definition) is 0. The molecule has 0 radical (unpaired) electrons. The Morgan fingerprint density at radius 1 is 0.938 bits per heavy atom. The van der Waals surface area contributed by atoms with E-state index in [-0.39, 0.29) is 55.4 Å². The summed E-state index contributed by atoms with van der Waals surface area (Å²) in [7, 11) is -4.08. The summed E-state index contributed by atoms with van der Waals surface area (Å²) < 4.78 is 69.1. The zero-order valence-corrected chi connectivity index (χ0v) is 26.8. The van der Waals surface area contributed by atoms with Crippen molar-refractivity contribution in [1.82, 2.24) is 14.5 Å². The lowest BCUT2D eigenvalue weighted by Gasteiger charge is -2.19. The first-order valence-electron chi connectivity index (χ1n) is 15.2. The van der Waals surface area contributed by atoms with Crippen LogP contribution in [0.2, 0.25) is 0 Å². The fourth-order valence-electron chi connectivity index (χ4n) is 5.49. The molecule has 0 spiro atoms. The molecule has 0 bridgehead atoms.